The Morgan fingerprint density at radius 2 is 1.47 bits per heavy atom. The Labute approximate surface area is 215 Å². The maximum Gasteiger partial charge on any atom is 0.259 e. The highest BCUT2D eigenvalue weighted by Crippen LogP contribution is 2.45. The van der Waals surface area contributed by atoms with Gasteiger partial charge in [-0.05, 0) is 31.4 Å². The lowest BCUT2D eigenvalue weighted by Gasteiger charge is -2.17. The van der Waals surface area contributed by atoms with Crippen LogP contribution in [0.3, 0.4) is 0 Å². The molecule has 0 atom stereocenters. The standard InChI is InChI=1S/C19H17Cl3N2O3.C6H14O/c1-4-5-24-12-7-15(20)23-9-10(12)6-11(19(24)25)16-17(21)13(26-2)8-14(27-3)18(16)22;1-3-5-7-6-4-2/h6-9H,4-5H2,1-3H3;3-6H2,1-2H3. The molecule has 0 amide bonds. The third kappa shape index (κ3) is 6.57. The Morgan fingerprint density at radius 1 is 0.882 bits per heavy atom. The van der Waals surface area contributed by atoms with E-state index in [4.69, 9.17) is 49.0 Å². The fourth-order valence-corrected chi connectivity index (χ4v) is 4.24. The average Bonchev–Trinajstić information content (AvgIpc) is 2.83. The van der Waals surface area contributed by atoms with Crippen molar-refractivity contribution >= 4 is 45.7 Å². The van der Waals surface area contributed by atoms with Gasteiger partial charge in [0.15, 0.2) is 0 Å². The number of ether oxygens (including phenoxy) is 3. The van der Waals surface area contributed by atoms with Gasteiger partial charge in [-0.3, -0.25) is 4.79 Å². The lowest BCUT2D eigenvalue weighted by Crippen LogP contribution is -2.22. The molecule has 9 heteroatoms. The molecule has 2 aromatic heterocycles. The molecule has 0 radical (unpaired) electrons. The summed E-state index contributed by atoms with van der Waals surface area (Å²) < 4.78 is 17.4. The van der Waals surface area contributed by atoms with E-state index >= 15 is 0 Å². The summed E-state index contributed by atoms with van der Waals surface area (Å²) in [6, 6.07) is 4.97. The van der Waals surface area contributed by atoms with E-state index in [9.17, 15) is 4.79 Å². The Hall–Kier alpha value is -1.99. The predicted molar refractivity (Wildman–Crippen MR) is 141 cm³/mol. The normalized spacial score (nSPS) is 10.7. The first-order valence-corrected chi connectivity index (χ1v) is 12.3. The topological polar surface area (TPSA) is 62.6 Å². The van der Waals surface area contributed by atoms with Gasteiger partial charge >= 0.3 is 0 Å². The average molecular weight is 530 g/mol. The summed E-state index contributed by atoms with van der Waals surface area (Å²) in [5, 5.41) is 1.55. The molecule has 0 aliphatic rings. The van der Waals surface area contributed by atoms with Crippen molar-refractivity contribution < 1.29 is 14.2 Å². The molecule has 0 unspecified atom stereocenters. The molecule has 186 valence electrons. The third-order valence-electron chi connectivity index (χ3n) is 4.93. The first-order valence-electron chi connectivity index (χ1n) is 11.2. The molecule has 0 aliphatic carbocycles. The Morgan fingerprint density at radius 3 is 1.97 bits per heavy atom. The highest BCUT2D eigenvalue weighted by atomic mass is 35.5. The molecular weight excluding hydrogens is 499 g/mol. The highest BCUT2D eigenvalue weighted by molar-refractivity contribution is 6.41. The van der Waals surface area contributed by atoms with Gasteiger partial charge in [-0.2, -0.15) is 0 Å². The molecule has 3 aromatic rings. The van der Waals surface area contributed by atoms with Gasteiger partial charge in [-0.1, -0.05) is 55.6 Å². The van der Waals surface area contributed by atoms with E-state index in [1.165, 1.54) is 14.2 Å². The summed E-state index contributed by atoms with van der Waals surface area (Å²) in [5.74, 6) is 0.729. The summed E-state index contributed by atoms with van der Waals surface area (Å²) in [5.41, 5.74) is 1.17. The van der Waals surface area contributed by atoms with Crippen LogP contribution in [0.2, 0.25) is 15.2 Å². The molecule has 0 spiro atoms. The summed E-state index contributed by atoms with van der Waals surface area (Å²) in [6.07, 6.45) is 4.66. The van der Waals surface area contributed by atoms with E-state index in [0.29, 0.717) is 39.8 Å². The van der Waals surface area contributed by atoms with Gasteiger partial charge in [0.1, 0.15) is 16.7 Å². The molecule has 3 rings (SSSR count). The van der Waals surface area contributed by atoms with Gasteiger partial charge < -0.3 is 18.8 Å². The number of aryl methyl sites for hydroxylation is 1. The van der Waals surface area contributed by atoms with Crippen molar-refractivity contribution in [2.24, 2.45) is 0 Å². The van der Waals surface area contributed by atoms with E-state index in [2.05, 4.69) is 18.8 Å². The minimum absolute atomic E-state index is 0.231. The van der Waals surface area contributed by atoms with Crippen LogP contribution in [0, 0.1) is 0 Å². The summed E-state index contributed by atoms with van der Waals surface area (Å²) in [4.78, 5) is 17.4. The van der Waals surface area contributed by atoms with Gasteiger partial charge in [-0.25, -0.2) is 4.98 Å². The van der Waals surface area contributed by atoms with Crippen molar-refractivity contribution in [3.05, 3.63) is 49.9 Å². The van der Waals surface area contributed by atoms with Crippen LogP contribution >= 0.6 is 34.8 Å². The second-order valence-electron chi connectivity index (χ2n) is 7.48. The Kier molecular flexibility index (Phi) is 11.5. The minimum atomic E-state index is -0.231. The molecule has 0 bridgehead atoms. The summed E-state index contributed by atoms with van der Waals surface area (Å²) >= 11 is 19.0. The van der Waals surface area contributed by atoms with Gasteiger partial charge in [0, 0.05) is 43.0 Å². The molecule has 0 saturated carbocycles. The first kappa shape index (κ1) is 28.2. The minimum Gasteiger partial charge on any atom is -0.495 e. The van der Waals surface area contributed by atoms with Crippen LogP contribution in [0.15, 0.2) is 29.2 Å². The largest absolute Gasteiger partial charge is 0.495 e. The van der Waals surface area contributed by atoms with Gasteiger partial charge in [-0.15, -0.1) is 0 Å². The number of hydrogen-bond acceptors (Lipinski definition) is 5. The van der Waals surface area contributed by atoms with Crippen LogP contribution in [-0.4, -0.2) is 37.0 Å². The monoisotopic (exact) mass is 528 g/mol. The number of methoxy groups -OCH3 is 2. The van der Waals surface area contributed by atoms with Crippen molar-refractivity contribution in [3.63, 3.8) is 0 Å². The van der Waals surface area contributed by atoms with E-state index in [1.807, 2.05) is 6.92 Å². The Bertz CT molecular complexity index is 1130. The van der Waals surface area contributed by atoms with E-state index in [-0.39, 0.29) is 15.6 Å². The molecule has 0 aliphatic heterocycles. The number of benzene rings is 1. The van der Waals surface area contributed by atoms with E-state index in [1.54, 1.807) is 29.0 Å². The lowest BCUT2D eigenvalue weighted by atomic mass is 10.0. The first-order chi connectivity index (χ1) is 16.3. The number of halogens is 3. The smallest absolute Gasteiger partial charge is 0.259 e. The van der Waals surface area contributed by atoms with Crippen molar-refractivity contribution in [3.8, 4) is 22.6 Å². The third-order valence-corrected chi connectivity index (χ3v) is 5.89. The zero-order valence-corrected chi connectivity index (χ0v) is 22.5. The second kappa shape index (κ2) is 13.8. The maximum atomic E-state index is 13.3. The summed E-state index contributed by atoms with van der Waals surface area (Å²) in [7, 11) is 2.97. The fraction of sp³-hybridized carbons (Fsp3) is 0.440. The molecule has 34 heavy (non-hydrogen) atoms. The van der Waals surface area contributed by atoms with Crippen molar-refractivity contribution in [1.29, 1.82) is 0 Å². The number of nitrogens with zero attached hydrogens (tertiary/aromatic N) is 2. The molecular formula is C25H31Cl3N2O4. The fourth-order valence-electron chi connectivity index (χ4n) is 3.39. The van der Waals surface area contributed by atoms with Gasteiger partial charge in [0.25, 0.3) is 5.56 Å². The van der Waals surface area contributed by atoms with Crippen molar-refractivity contribution in [2.45, 2.75) is 46.6 Å². The zero-order chi connectivity index (χ0) is 25.3. The van der Waals surface area contributed by atoms with E-state index < -0.39 is 0 Å². The van der Waals surface area contributed by atoms with Gasteiger partial charge in [0.2, 0.25) is 0 Å². The number of aromatic nitrogens is 2. The number of rotatable bonds is 9. The van der Waals surface area contributed by atoms with Crippen LogP contribution in [0.4, 0.5) is 0 Å². The second-order valence-corrected chi connectivity index (χ2v) is 8.62. The molecule has 0 saturated heterocycles. The lowest BCUT2D eigenvalue weighted by molar-refractivity contribution is 0.135. The van der Waals surface area contributed by atoms with Crippen LogP contribution < -0.4 is 15.0 Å². The number of pyridine rings is 2. The van der Waals surface area contributed by atoms with Crippen LogP contribution in [-0.2, 0) is 11.3 Å². The predicted octanol–water partition coefficient (Wildman–Crippen LogP) is 7.27. The zero-order valence-electron chi connectivity index (χ0n) is 20.2. The Balaban J connectivity index is 0.000000509. The quantitative estimate of drug-likeness (QED) is 0.215. The SMILES string of the molecule is CCCOCCC.CCCn1c(=O)c(-c2c(Cl)c(OC)cc(OC)c2Cl)cc2cnc(Cl)cc21. The van der Waals surface area contributed by atoms with Crippen LogP contribution in [0.5, 0.6) is 11.5 Å². The number of fused-ring (bicyclic) bond motifs is 1. The molecule has 0 N–H and O–H groups in total. The number of hydrogen-bond donors (Lipinski definition) is 0. The van der Waals surface area contributed by atoms with Crippen LogP contribution in [0.1, 0.15) is 40.0 Å². The van der Waals surface area contributed by atoms with Crippen molar-refractivity contribution in [2.75, 3.05) is 27.4 Å². The molecule has 0 fully saturated rings. The maximum absolute atomic E-state index is 13.3. The molecule has 6 nitrogen and oxygen atoms in total. The molecule has 1 aromatic carbocycles. The molecule has 2 heterocycles. The van der Waals surface area contributed by atoms with Crippen LogP contribution in [0.25, 0.3) is 22.0 Å². The van der Waals surface area contributed by atoms with E-state index in [0.717, 1.165) is 37.9 Å². The highest BCUT2D eigenvalue weighted by Gasteiger charge is 2.22. The summed E-state index contributed by atoms with van der Waals surface area (Å²) in [6.45, 7) is 8.59. The van der Waals surface area contributed by atoms with Gasteiger partial charge in [0.05, 0.1) is 35.3 Å². The van der Waals surface area contributed by atoms with Crippen molar-refractivity contribution in [1.82, 2.24) is 9.55 Å².